The highest BCUT2D eigenvalue weighted by Crippen LogP contribution is 2.24. The van der Waals surface area contributed by atoms with Gasteiger partial charge in [0.15, 0.2) is 0 Å². The quantitative estimate of drug-likeness (QED) is 0.828. The molecule has 1 fully saturated rings. The van der Waals surface area contributed by atoms with Crippen molar-refractivity contribution >= 4 is 23.4 Å². The second-order valence-electron chi connectivity index (χ2n) is 7.23. The lowest BCUT2D eigenvalue weighted by atomic mass is 9.88. The first-order chi connectivity index (χ1) is 11.3. The second kappa shape index (κ2) is 8.02. The fourth-order valence-corrected chi connectivity index (χ4v) is 3.02. The Labute approximate surface area is 149 Å². The first-order valence-electron chi connectivity index (χ1n) is 8.63. The van der Waals surface area contributed by atoms with E-state index in [1.54, 1.807) is 13.8 Å². The van der Waals surface area contributed by atoms with Crippen LogP contribution in [0.25, 0.3) is 0 Å². The molecule has 1 aliphatic heterocycles. The van der Waals surface area contributed by atoms with Gasteiger partial charge in [-0.1, -0.05) is 30.7 Å². The number of carbonyl (C=O) groups excluding carboxylic acids is 2. The van der Waals surface area contributed by atoms with E-state index in [1.807, 2.05) is 29.2 Å². The maximum atomic E-state index is 12.7. The van der Waals surface area contributed by atoms with E-state index >= 15 is 0 Å². The highest BCUT2D eigenvalue weighted by molar-refractivity contribution is 6.30. The zero-order chi connectivity index (χ0) is 17.7. The molecule has 1 saturated heterocycles. The van der Waals surface area contributed by atoms with Crippen molar-refractivity contribution < 1.29 is 9.59 Å². The Bertz CT molecular complexity index is 576. The normalized spacial score (nSPS) is 16.1. The van der Waals surface area contributed by atoms with Gasteiger partial charge in [-0.05, 0) is 56.7 Å². The highest BCUT2D eigenvalue weighted by atomic mass is 35.5. The molecular weight excluding hydrogens is 324 g/mol. The maximum Gasteiger partial charge on any atom is 0.237 e. The van der Waals surface area contributed by atoms with Gasteiger partial charge >= 0.3 is 0 Å². The Morgan fingerprint density at radius 2 is 1.79 bits per heavy atom. The molecule has 24 heavy (non-hydrogen) atoms. The predicted octanol–water partition coefficient (Wildman–Crippen LogP) is 3.28. The molecule has 2 amide bonds. The molecule has 1 aliphatic rings. The van der Waals surface area contributed by atoms with E-state index in [4.69, 9.17) is 11.6 Å². The van der Waals surface area contributed by atoms with Crippen LogP contribution in [-0.4, -0.2) is 36.3 Å². The molecule has 0 aliphatic carbocycles. The number of piperidine rings is 1. The number of halogens is 1. The fraction of sp³-hybridized carbons (Fsp3) is 0.579. The molecule has 0 spiro atoms. The number of carbonyl (C=O) groups is 2. The van der Waals surface area contributed by atoms with Crippen LogP contribution >= 0.6 is 11.6 Å². The number of nitrogens with zero attached hydrogens (tertiary/aromatic N) is 1. The summed E-state index contributed by atoms with van der Waals surface area (Å²) in [6.45, 7) is 7.64. The summed E-state index contributed by atoms with van der Waals surface area (Å²) in [5, 5.41) is 3.59. The summed E-state index contributed by atoms with van der Waals surface area (Å²) in [7, 11) is 0. The summed E-state index contributed by atoms with van der Waals surface area (Å²) in [4.78, 5) is 27.0. The molecule has 0 aromatic heterocycles. The van der Waals surface area contributed by atoms with E-state index in [0.29, 0.717) is 23.9 Å². The summed E-state index contributed by atoms with van der Waals surface area (Å²) in [6, 6.07) is 7.56. The molecule has 4 nitrogen and oxygen atoms in total. The predicted molar refractivity (Wildman–Crippen MR) is 96.9 cm³/mol. The van der Waals surface area contributed by atoms with Crippen molar-refractivity contribution in [2.24, 2.45) is 11.3 Å². The van der Waals surface area contributed by atoms with Crippen molar-refractivity contribution in [3.8, 4) is 0 Å². The average molecular weight is 351 g/mol. The van der Waals surface area contributed by atoms with Crippen molar-refractivity contribution in [1.29, 1.82) is 0 Å². The first kappa shape index (κ1) is 18.8. The molecule has 1 aromatic carbocycles. The monoisotopic (exact) mass is 350 g/mol. The van der Waals surface area contributed by atoms with Gasteiger partial charge < -0.3 is 10.2 Å². The molecule has 0 saturated carbocycles. The van der Waals surface area contributed by atoms with Crippen molar-refractivity contribution in [3.05, 3.63) is 34.9 Å². The van der Waals surface area contributed by atoms with Gasteiger partial charge in [0.2, 0.25) is 11.8 Å². The number of nitrogens with one attached hydrogen (secondary N) is 1. The number of hydrogen-bond acceptors (Lipinski definition) is 2. The van der Waals surface area contributed by atoms with Gasteiger partial charge in [-0.3, -0.25) is 9.59 Å². The standard InChI is InChI=1S/C19H27ClN2O2/c1-14-9-12-22(13-10-14)18(24)19(2,3)17(23)21-11-8-15-4-6-16(20)7-5-15/h4-7,14H,8-13H2,1-3H3,(H,21,23). The zero-order valence-electron chi connectivity index (χ0n) is 14.8. The molecule has 0 bridgehead atoms. The van der Waals surface area contributed by atoms with Crippen LogP contribution in [0.5, 0.6) is 0 Å². The Hall–Kier alpha value is -1.55. The lowest BCUT2D eigenvalue weighted by molar-refractivity contribution is -0.149. The topological polar surface area (TPSA) is 49.4 Å². The minimum atomic E-state index is -1.03. The average Bonchev–Trinajstić information content (AvgIpc) is 2.56. The summed E-state index contributed by atoms with van der Waals surface area (Å²) in [5.41, 5.74) is 0.0782. The minimum absolute atomic E-state index is 0.0709. The lowest BCUT2D eigenvalue weighted by Crippen LogP contribution is -2.51. The molecular formula is C19H27ClN2O2. The van der Waals surface area contributed by atoms with E-state index in [9.17, 15) is 9.59 Å². The number of benzene rings is 1. The van der Waals surface area contributed by atoms with Crippen molar-refractivity contribution in [2.75, 3.05) is 19.6 Å². The number of amides is 2. The van der Waals surface area contributed by atoms with Crippen molar-refractivity contribution in [1.82, 2.24) is 10.2 Å². The van der Waals surface area contributed by atoms with Crippen molar-refractivity contribution in [3.63, 3.8) is 0 Å². The summed E-state index contributed by atoms with van der Waals surface area (Å²) in [5.74, 6) is 0.379. The van der Waals surface area contributed by atoms with Gasteiger partial charge in [0.05, 0.1) is 0 Å². The molecule has 1 heterocycles. The van der Waals surface area contributed by atoms with Crippen LogP contribution < -0.4 is 5.32 Å². The van der Waals surface area contributed by atoms with Crippen LogP contribution in [0.15, 0.2) is 24.3 Å². The number of likely N-dealkylation sites (tertiary alicyclic amines) is 1. The lowest BCUT2D eigenvalue weighted by Gasteiger charge is -2.35. The van der Waals surface area contributed by atoms with Gasteiger partial charge in [-0.2, -0.15) is 0 Å². The summed E-state index contributed by atoms with van der Waals surface area (Å²) < 4.78 is 0. The second-order valence-corrected chi connectivity index (χ2v) is 7.67. The smallest absolute Gasteiger partial charge is 0.237 e. The SMILES string of the molecule is CC1CCN(C(=O)C(C)(C)C(=O)NCCc2ccc(Cl)cc2)CC1. The Kier molecular flexibility index (Phi) is 6.27. The molecule has 1 aromatic rings. The largest absolute Gasteiger partial charge is 0.355 e. The van der Waals surface area contributed by atoms with E-state index < -0.39 is 5.41 Å². The Morgan fingerprint density at radius 3 is 2.38 bits per heavy atom. The van der Waals surface area contributed by atoms with Crippen LogP contribution in [0.3, 0.4) is 0 Å². The summed E-state index contributed by atoms with van der Waals surface area (Å²) in [6.07, 6.45) is 2.74. The fourth-order valence-electron chi connectivity index (χ4n) is 2.90. The van der Waals surface area contributed by atoms with Crippen LogP contribution in [0.4, 0.5) is 0 Å². The number of rotatable bonds is 5. The van der Waals surface area contributed by atoms with E-state index in [-0.39, 0.29) is 11.8 Å². The molecule has 2 rings (SSSR count). The van der Waals surface area contributed by atoms with Gasteiger partial charge in [-0.15, -0.1) is 0 Å². The molecule has 132 valence electrons. The van der Waals surface area contributed by atoms with Crippen LogP contribution in [0, 0.1) is 11.3 Å². The van der Waals surface area contributed by atoms with Gasteiger partial charge in [0.25, 0.3) is 0 Å². The summed E-state index contributed by atoms with van der Waals surface area (Å²) >= 11 is 5.86. The molecule has 0 radical (unpaired) electrons. The molecule has 5 heteroatoms. The zero-order valence-corrected chi connectivity index (χ0v) is 15.5. The third kappa shape index (κ3) is 4.73. The Morgan fingerprint density at radius 1 is 1.21 bits per heavy atom. The maximum absolute atomic E-state index is 12.7. The third-order valence-corrected chi connectivity index (χ3v) is 5.04. The van der Waals surface area contributed by atoms with E-state index in [1.165, 1.54) is 0 Å². The molecule has 1 N–H and O–H groups in total. The van der Waals surface area contributed by atoms with E-state index in [0.717, 1.165) is 31.5 Å². The van der Waals surface area contributed by atoms with Crippen molar-refractivity contribution in [2.45, 2.75) is 40.0 Å². The third-order valence-electron chi connectivity index (χ3n) is 4.79. The van der Waals surface area contributed by atoms with Gasteiger partial charge in [-0.25, -0.2) is 0 Å². The Balaban J connectivity index is 1.85. The minimum Gasteiger partial charge on any atom is -0.355 e. The number of hydrogen-bond donors (Lipinski definition) is 1. The van der Waals surface area contributed by atoms with Gasteiger partial charge in [0, 0.05) is 24.7 Å². The molecule has 0 unspecified atom stereocenters. The highest BCUT2D eigenvalue weighted by Gasteiger charge is 2.39. The van der Waals surface area contributed by atoms with Crippen LogP contribution in [-0.2, 0) is 16.0 Å². The van der Waals surface area contributed by atoms with Gasteiger partial charge in [0.1, 0.15) is 5.41 Å². The van der Waals surface area contributed by atoms with E-state index in [2.05, 4.69) is 12.2 Å². The first-order valence-corrected chi connectivity index (χ1v) is 9.00. The molecule has 0 atom stereocenters. The van der Waals surface area contributed by atoms with Crippen LogP contribution in [0.2, 0.25) is 5.02 Å². The van der Waals surface area contributed by atoms with Crippen LogP contribution in [0.1, 0.15) is 39.2 Å².